The Kier molecular flexibility index (Phi) is 7.16. The number of pyridine rings is 2. The van der Waals surface area contributed by atoms with E-state index < -0.39 is 0 Å². The van der Waals surface area contributed by atoms with Crippen LogP contribution in [0.4, 0.5) is 5.69 Å². The lowest BCUT2D eigenvalue weighted by Gasteiger charge is -2.21. The summed E-state index contributed by atoms with van der Waals surface area (Å²) in [4.78, 5) is 22.9. The highest BCUT2D eigenvalue weighted by molar-refractivity contribution is 6.29. The van der Waals surface area contributed by atoms with Gasteiger partial charge in [-0.05, 0) is 67.8 Å². The van der Waals surface area contributed by atoms with Crippen LogP contribution in [0.1, 0.15) is 36.6 Å². The maximum atomic E-state index is 14.0. The highest BCUT2D eigenvalue weighted by Crippen LogP contribution is 2.35. The van der Waals surface area contributed by atoms with Crippen LogP contribution in [0.5, 0.6) is 5.75 Å². The summed E-state index contributed by atoms with van der Waals surface area (Å²) < 4.78 is 10.6. The van der Waals surface area contributed by atoms with Crippen molar-refractivity contribution < 1.29 is 4.74 Å². The minimum Gasteiger partial charge on any atom is -0.497 e. The van der Waals surface area contributed by atoms with Gasteiger partial charge < -0.3 is 10.1 Å². The highest BCUT2D eigenvalue weighted by atomic mass is 35.5. The first-order chi connectivity index (χ1) is 20.3. The zero-order valence-electron chi connectivity index (χ0n) is 24.1. The van der Waals surface area contributed by atoms with Crippen LogP contribution in [0, 0.1) is 6.92 Å². The Morgan fingerprint density at radius 3 is 2.57 bits per heavy atom. The molecule has 6 rings (SSSR count). The number of methoxy groups -OCH3 is 1. The fourth-order valence-electron chi connectivity index (χ4n) is 5.50. The number of aryl methyl sites for hydroxylation is 3. The van der Waals surface area contributed by atoms with Crippen LogP contribution in [0.25, 0.3) is 33.3 Å². The molecule has 0 saturated carbocycles. The molecule has 2 aromatic carbocycles. The van der Waals surface area contributed by atoms with Gasteiger partial charge in [-0.1, -0.05) is 29.8 Å². The van der Waals surface area contributed by atoms with Gasteiger partial charge in [0.25, 0.3) is 5.56 Å². The second-order valence-electron chi connectivity index (χ2n) is 10.4. The number of benzene rings is 2. The zero-order chi connectivity index (χ0) is 29.5. The lowest BCUT2D eigenvalue weighted by atomic mass is 9.95. The van der Waals surface area contributed by atoms with Crippen LogP contribution in [0.2, 0.25) is 5.15 Å². The monoisotopic (exact) mass is 582 g/mol. The Morgan fingerprint density at radius 2 is 1.88 bits per heavy atom. The summed E-state index contributed by atoms with van der Waals surface area (Å²) >= 11 is 6.26. The van der Waals surface area contributed by atoms with Crippen LogP contribution in [-0.2, 0) is 20.1 Å². The molecule has 0 bridgehead atoms. The second kappa shape index (κ2) is 10.9. The summed E-state index contributed by atoms with van der Waals surface area (Å²) in [6.45, 7) is 7.10. The third-order valence-electron chi connectivity index (χ3n) is 7.44. The van der Waals surface area contributed by atoms with Gasteiger partial charge in [-0.15, -0.1) is 5.10 Å². The normalized spacial score (nSPS) is 12.2. The third kappa shape index (κ3) is 4.87. The average Bonchev–Trinajstić information content (AvgIpc) is 3.60. The van der Waals surface area contributed by atoms with Gasteiger partial charge in [0, 0.05) is 35.8 Å². The third-order valence-corrected chi connectivity index (χ3v) is 7.65. The maximum Gasteiger partial charge on any atom is 0.260 e. The van der Waals surface area contributed by atoms with E-state index in [1.807, 2.05) is 65.7 Å². The molecular weight excluding hydrogens is 552 g/mol. The summed E-state index contributed by atoms with van der Waals surface area (Å²) in [5, 5.41) is 15.6. The van der Waals surface area contributed by atoms with E-state index in [4.69, 9.17) is 21.4 Å². The number of rotatable bonds is 8. The molecule has 0 amide bonds. The molecule has 0 saturated heterocycles. The quantitative estimate of drug-likeness (QED) is 0.228. The largest absolute Gasteiger partial charge is 0.497 e. The van der Waals surface area contributed by atoms with Gasteiger partial charge in [-0.3, -0.25) is 14.0 Å². The van der Waals surface area contributed by atoms with Crippen LogP contribution in [0.15, 0.2) is 65.8 Å². The Hall–Kier alpha value is -4.70. The zero-order valence-corrected chi connectivity index (χ0v) is 24.8. The van der Waals surface area contributed by atoms with Gasteiger partial charge in [-0.25, -0.2) is 14.6 Å². The molecule has 0 spiro atoms. The SMILES string of the molecule is CCn1c(=O)c2cc(C)cc(C(C)Nc3ccc(Cl)nc3-c3ncn(C)n3)c2c2cnn(Cc3ccc(OC)cc3)c21. The van der Waals surface area contributed by atoms with Gasteiger partial charge >= 0.3 is 0 Å². The van der Waals surface area contributed by atoms with Crippen molar-refractivity contribution >= 4 is 39.1 Å². The van der Waals surface area contributed by atoms with Crippen molar-refractivity contribution in [2.75, 3.05) is 12.4 Å². The molecule has 42 heavy (non-hydrogen) atoms. The lowest BCUT2D eigenvalue weighted by Crippen LogP contribution is -2.23. The molecule has 0 fully saturated rings. The van der Waals surface area contributed by atoms with Crippen LogP contribution < -0.4 is 15.6 Å². The van der Waals surface area contributed by atoms with E-state index in [0.29, 0.717) is 35.1 Å². The van der Waals surface area contributed by atoms with E-state index in [1.165, 1.54) is 0 Å². The predicted molar refractivity (Wildman–Crippen MR) is 165 cm³/mol. The van der Waals surface area contributed by atoms with Crippen LogP contribution >= 0.6 is 11.6 Å². The number of fused-ring (bicyclic) bond motifs is 3. The summed E-state index contributed by atoms with van der Waals surface area (Å²) in [6.07, 6.45) is 3.49. The first-order valence-corrected chi connectivity index (χ1v) is 14.1. The van der Waals surface area contributed by atoms with Crippen molar-refractivity contribution in [1.29, 1.82) is 0 Å². The molecule has 4 aromatic heterocycles. The Morgan fingerprint density at radius 1 is 1.10 bits per heavy atom. The summed E-state index contributed by atoms with van der Waals surface area (Å²) in [5.74, 6) is 1.26. The summed E-state index contributed by atoms with van der Waals surface area (Å²) in [7, 11) is 3.45. The first kappa shape index (κ1) is 27.5. The van der Waals surface area contributed by atoms with E-state index in [-0.39, 0.29) is 11.6 Å². The van der Waals surface area contributed by atoms with Gasteiger partial charge in [0.05, 0.1) is 25.5 Å². The lowest BCUT2D eigenvalue weighted by molar-refractivity contribution is 0.414. The Bertz CT molecular complexity index is 1990. The van der Waals surface area contributed by atoms with Crippen LogP contribution in [-0.4, -0.2) is 41.2 Å². The highest BCUT2D eigenvalue weighted by Gasteiger charge is 2.22. The number of aromatic nitrogens is 7. The fourth-order valence-corrected chi connectivity index (χ4v) is 5.65. The molecule has 0 radical (unpaired) electrons. The van der Waals surface area contributed by atoms with Crippen molar-refractivity contribution in [1.82, 2.24) is 34.1 Å². The topological polar surface area (TPSA) is 105 Å². The van der Waals surface area contributed by atoms with Gasteiger partial charge in [-0.2, -0.15) is 5.10 Å². The number of nitrogens with zero attached hydrogens (tertiary/aromatic N) is 7. The van der Waals surface area contributed by atoms with Crippen molar-refractivity contribution in [3.8, 4) is 17.3 Å². The van der Waals surface area contributed by atoms with Crippen molar-refractivity contribution in [2.45, 2.75) is 39.9 Å². The Balaban J connectivity index is 1.49. The van der Waals surface area contributed by atoms with Gasteiger partial charge in [0.1, 0.15) is 28.6 Å². The van der Waals surface area contributed by atoms with Gasteiger partial charge in [0.2, 0.25) is 5.82 Å². The number of hydrogen-bond donors (Lipinski definition) is 1. The molecular formula is C31H31ClN8O2. The van der Waals surface area contributed by atoms with E-state index in [0.717, 1.165) is 44.5 Å². The second-order valence-corrected chi connectivity index (χ2v) is 10.7. The van der Waals surface area contributed by atoms with Crippen LogP contribution in [0.3, 0.4) is 0 Å². The molecule has 214 valence electrons. The minimum atomic E-state index is -0.206. The molecule has 1 N–H and O–H groups in total. The average molecular weight is 583 g/mol. The molecule has 0 aliphatic carbocycles. The van der Waals surface area contributed by atoms with E-state index >= 15 is 0 Å². The van der Waals surface area contributed by atoms with E-state index in [1.54, 1.807) is 31.2 Å². The molecule has 1 unspecified atom stereocenters. The Labute approximate surface area is 247 Å². The smallest absolute Gasteiger partial charge is 0.260 e. The number of anilines is 1. The molecule has 6 aromatic rings. The molecule has 4 heterocycles. The number of hydrogen-bond acceptors (Lipinski definition) is 7. The van der Waals surface area contributed by atoms with Crippen molar-refractivity contribution in [2.24, 2.45) is 7.05 Å². The van der Waals surface area contributed by atoms with Crippen molar-refractivity contribution in [3.63, 3.8) is 0 Å². The summed E-state index contributed by atoms with van der Waals surface area (Å²) in [5.41, 5.74) is 5.07. The number of ether oxygens (including phenoxy) is 1. The fraction of sp³-hybridized carbons (Fsp3) is 0.258. The first-order valence-electron chi connectivity index (χ1n) is 13.7. The molecule has 0 aliphatic rings. The summed E-state index contributed by atoms with van der Waals surface area (Å²) in [6, 6.07) is 15.4. The van der Waals surface area contributed by atoms with Gasteiger partial charge in [0.15, 0.2) is 0 Å². The van der Waals surface area contributed by atoms with Crippen molar-refractivity contribution in [3.05, 3.63) is 93.3 Å². The number of nitrogens with one attached hydrogen (secondary N) is 1. The number of halogens is 1. The molecule has 11 heteroatoms. The molecule has 1 atom stereocenters. The maximum absolute atomic E-state index is 14.0. The predicted octanol–water partition coefficient (Wildman–Crippen LogP) is 5.75. The molecule has 0 aliphatic heterocycles. The molecule has 10 nitrogen and oxygen atoms in total. The van der Waals surface area contributed by atoms with E-state index in [2.05, 4.69) is 33.4 Å². The minimum absolute atomic E-state index is 0.0415. The standard InChI is InChI=1S/C31H31ClN8O2/c1-6-39-30-24(15-34-40(30)16-20-7-9-21(42-5)10-8-20)27-22(13-18(2)14-23(27)31(39)41)19(3)35-25-11-12-26(32)36-28(25)29-33-17-38(4)37-29/h7-15,17,19,35H,6,16H2,1-5H3. The van der Waals surface area contributed by atoms with E-state index in [9.17, 15) is 4.79 Å².